The highest BCUT2D eigenvalue weighted by Gasteiger charge is 2.23. The van der Waals surface area contributed by atoms with Gasteiger partial charge in [0.05, 0.1) is 24.7 Å². The first-order valence-electron chi connectivity index (χ1n) is 11.0. The second-order valence-corrected chi connectivity index (χ2v) is 9.13. The Kier molecular flexibility index (Phi) is 6.15. The molecule has 170 valence electrons. The van der Waals surface area contributed by atoms with E-state index in [-0.39, 0.29) is 17.4 Å². The van der Waals surface area contributed by atoms with E-state index < -0.39 is 0 Å². The summed E-state index contributed by atoms with van der Waals surface area (Å²) in [5.41, 5.74) is 4.56. The highest BCUT2D eigenvalue weighted by Crippen LogP contribution is 2.29. The molecule has 8 nitrogen and oxygen atoms in total. The number of anilines is 2. The maximum absolute atomic E-state index is 13.0. The van der Waals surface area contributed by atoms with Crippen molar-refractivity contribution in [2.24, 2.45) is 0 Å². The molecule has 2 aliphatic heterocycles. The molecule has 1 saturated heterocycles. The minimum absolute atomic E-state index is 0.0173. The lowest BCUT2D eigenvalue weighted by molar-refractivity contribution is -0.116. The zero-order valence-corrected chi connectivity index (χ0v) is 19.2. The number of aromatic nitrogens is 3. The molecule has 0 atom stereocenters. The Morgan fingerprint density at radius 1 is 1.12 bits per heavy atom. The number of fused-ring (bicyclic) bond motifs is 1. The van der Waals surface area contributed by atoms with Gasteiger partial charge in [0, 0.05) is 30.8 Å². The third-order valence-electron chi connectivity index (χ3n) is 5.83. The molecule has 1 aromatic heterocycles. The van der Waals surface area contributed by atoms with Crippen LogP contribution in [-0.2, 0) is 16.0 Å². The van der Waals surface area contributed by atoms with Crippen molar-refractivity contribution in [3.05, 3.63) is 59.2 Å². The van der Waals surface area contributed by atoms with Gasteiger partial charge >= 0.3 is 0 Å². The van der Waals surface area contributed by atoms with Crippen molar-refractivity contribution in [3.63, 3.8) is 0 Å². The van der Waals surface area contributed by atoms with Gasteiger partial charge in [-0.05, 0) is 54.8 Å². The molecule has 1 N–H and O–H groups in total. The van der Waals surface area contributed by atoms with E-state index >= 15 is 0 Å². The van der Waals surface area contributed by atoms with Crippen molar-refractivity contribution >= 4 is 35.1 Å². The zero-order chi connectivity index (χ0) is 22.8. The van der Waals surface area contributed by atoms with Crippen LogP contribution in [0.1, 0.15) is 27.9 Å². The normalized spacial score (nSPS) is 15.8. The van der Waals surface area contributed by atoms with Crippen LogP contribution in [0.3, 0.4) is 0 Å². The topological polar surface area (TPSA) is 89.3 Å². The van der Waals surface area contributed by atoms with Gasteiger partial charge in [0.2, 0.25) is 11.9 Å². The average molecular weight is 464 g/mol. The molecular weight excluding hydrogens is 438 g/mol. The fourth-order valence-electron chi connectivity index (χ4n) is 4.09. The molecule has 1 fully saturated rings. The van der Waals surface area contributed by atoms with Crippen LogP contribution in [0.5, 0.6) is 0 Å². The Morgan fingerprint density at radius 3 is 2.79 bits per heavy atom. The summed E-state index contributed by atoms with van der Waals surface area (Å²) in [6.07, 6.45) is 1.10. The minimum atomic E-state index is 0.0173. The number of morpholine rings is 1. The maximum Gasteiger partial charge on any atom is 0.232 e. The number of nitrogens with one attached hydrogen (secondary N) is 1. The quantitative estimate of drug-likeness (QED) is 0.443. The lowest BCUT2D eigenvalue weighted by atomic mass is 9.99. The summed E-state index contributed by atoms with van der Waals surface area (Å²) in [7, 11) is 0. The standard InChI is InChI=1S/C24H25N5O3S/c1-16-3-2-4-19(13-16)29-23(28-9-11-32-12-10-28)26-27-24(29)33-15-21(30)18-5-7-20-17(14-18)6-8-22(31)25-20/h2-5,7,13-14H,6,8-12,15H2,1H3,(H,25,31). The molecule has 0 spiro atoms. The van der Waals surface area contributed by atoms with Crippen molar-refractivity contribution < 1.29 is 14.3 Å². The van der Waals surface area contributed by atoms with Gasteiger partial charge in [-0.3, -0.25) is 14.2 Å². The Hall–Kier alpha value is -3.17. The third kappa shape index (κ3) is 4.65. The number of rotatable bonds is 6. The number of hydrogen-bond donors (Lipinski definition) is 1. The third-order valence-corrected chi connectivity index (χ3v) is 6.75. The van der Waals surface area contributed by atoms with Crippen LogP contribution in [0.25, 0.3) is 5.69 Å². The number of thioether (sulfide) groups is 1. The van der Waals surface area contributed by atoms with Crippen molar-refractivity contribution in [2.75, 3.05) is 42.3 Å². The van der Waals surface area contributed by atoms with Crippen molar-refractivity contribution in [2.45, 2.75) is 24.9 Å². The van der Waals surface area contributed by atoms with E-state index in [9.17, 15) is 9.59 Å². The van der Waals surface area contributed by atoms with Crippen LogP contribution >= 0.6 is 11.8 Å². The summed E-state index contributed by atoms with van der Waals surface area (Å²) in [4.78, 5) is 26.7. The van der Waals surface area contributed by atoms with Gasteiger partial charge in [0.15, 0.2) is 10.9 Å². The molecule has 2 aromatic carbocycles. The van der Waals surface area contributed by atoms with E-state index in [0.29, 0.717) is 36.8 Å². The first-order chi connectivity index (χ1) is 16.1. The molecule has 3 heterocycles. The van der Waals surface area contributed by atoms with Crippen molar-refractivity contribution in [3.8, 4) is 5.69 Å². The predicted molar refractivity (Wildman–Crippen MR) is 128 cm³/mol. The molecule has 33 heavy (non-hydrogen) atoms. The molecule has 0 aliphatic carbocycles. The van der Waals surface area contributed by atoms with E-state index in [2.05, 4.69) is 39.5 Å². The predicted octanol–water partition coefficient (Wildman–Crippen LogP) is 3.27. The number of hydrogen-bond acceptors (Lipinski definition) is 7. The summed E-state index contributed by atoms with van der Waals surface area (Å²) in [5.74, 6) is 1.05. The van der Waals surface area contributed by atoms with E-state index in [0.717, 1.165) is 41.5 Å². The number of ether oxygens (including phenoxy) is 1. The molecule has 0 radical (unpaired) electrons. The van der Waals surface area contributed by atoms with Gasteiger partial charge < -0.3 is 15.0 Å². The van der Waals surface area contributed by atoms with Gasteiger partial charge in [0.25, 0.3) is 0 Å². The largest absolute Gasteiger partial charge is 0.378 e. The molecule has 0 unspecified atom stereocenters. The fourth-order valence-corrected chi connectivity index (χ4v) is 4.93. The average Bonchev–Trinajstić information content (AvgIpc) is 3.27. The van der Waals surface area contributed by atoms with Crippen LogP contribution in [0.15, 0.2) is 47.6 Å². The lowest BCUT2D eigenvalue weighted by Gasteiger charge is -2.28. The highest BCUT2D eigenvalue weighted by atomic mass is 32.2. The molecule has 5 rings (SSSR count). The summed E-state index contributed by atoms with van der Waals surface area (Å²) in [6, 6.07) is 13.7. The van der Waals surface area contributed by atoms with Crippen LogP contribution in [0.2, 0.25) is 0 Å². The van der Waals surface area contributed by atoms with E-state index in [4.69, 9.17) is 4.74 Å². The van der Waals surface area contributed by atoms with Crippen LogP contribution in [0.4, 0.5) is 11.6 Å². The number of aryl methyl sites for hydroxylation is 2. The summed E-state index contributed by atoms with van der Waals surface area (Å²) in [5, 5.41) is 12.4. The lowest BCUT2D eigenvalue weighted by Crippen LogP contribution is -2.37. The summed E-state index contributed by atoms with van der Waals surface area (Å²) < 4.78 is 7.52. The van der Waals surface area contributed by atoms with Gasteiger partial charge in [-0.2, -0.15) is 0 Å². The molecule has 2 aliphatic rings. The number of carbonyl (C=O) groups excluding carboxylic acids is 2. The Morgan fingerprint density at radius 2 is 1.97 bits per heavy atom. The minimum Gasteiger partial charge on any atom is -0.378 e. The van der Waals surface area contributed by atoms with E-state index in [1.165, 1.54) is 11.8 Å². The monoisotopic (exact) mass is 463 g/mol. The van der Waals surface area contributed by atoms with Crippen LogP contribution in [0, 0.1) is 6.92 Å². The number of carbonyl (C=O) groups is 2. The first kappa shape index (κ1) is 21.7. The highest BCUT2D eigenvalue weighted by molar-refractivity contribution is 7.99. The Bertz CT molecular complexity index is 1200. The van der Waals surface area contributed by atoms with E-state index in [1.807, 2.05) is 28.8 Å². The molecular formula is C24H25N5O3S. The number of ketones is 1. The van der Waals surface area contributed by atoms with Crippen LogP contribution < -0.4 is 10.2 Å². The number of Topliss-reactive ketones (excluding diaryl/α,β-unsaturated/α-hetero) is 1. The van der Waals surface area contributed by atoms with Gasteiger partial charge in [-0.15, -0.1) is 10.2 Å². The van der Waals surface area contributed by atoms with Crippen molar-refractivity contribution in [1.29, 1.82) is 0 Å². The van der Waals surface area contributed by atoms with Gasteiger partial charge in [-0.1, -0.05) is 23.9 Å². The zero-order valence-electron chi connectivity index (χ0n) is 18.4. The van der Waals surface area contributed by atoms with E-state index in [1.54, 1.807) is 6.07 Å². The molecule has 3 aromatic rings. The smallest absolute Gasteiger partial charge is 0.232 e. The number of amides is 1. The second-order valence-electron chi connectivity index (χ2n) is 8.19. The Balaban J connectivity index is 1.38. The van der Waals surface area contributed by atoms with Crippen molar-refractivity contribution in [1.82, 2.24) is 14.8 Å². The summed E-state index contributed by atoms with van der Waals surface area (Å²) >= 11 is 1.39. The molecule has 1 amide bonds. The fraction of sp³-hybridized carbons (Fsp3) is 0.333. The van der Waals surface area contributed by atoms with Gasteiger partial charge in [-0.25, -0.2) is 0 Å². The maximum atomic E-state index is 13.0. The van der Waals surface area contributed by atoms with Gasteiger partial charge in [0.1, 0.15) is 0 Å². The molecule has 9 heteroatoms. The van der Waals surface area contributed by atoms with Crippen LogP contribution in [-0.4, -0.2) is 58.5 Å². The SMILES string of the molecule is Cc1cccc(-n2c(SCC(=O)c3ccc4c(c3)CCC(=O)N4)nnc2N2CCOCC2)c1. The number of benzene rings is 2. The molecule has 0 saturated carbocycles. The Labute approximate surface area is 196 Å². The molecule has 0 bridgehead atoms. The first-order valence-corrected chi connectivity index (χ1v) is 12.0. The second kappa shape index (κ2) is 9.36. The number of nitrogens with zero attached hydrogens (tertiary/aromatic N) is 4. The summed E-state index contributed by atoms with van der Waals surface area (Å²) in [6.45, 7) is 4.86.